The van der Waals surface area contributed by atoms with E-state index in [0.717, 1.165) is 12.8 Å². The molecule has 0 saturated heterocycles. The zero-order chi connectivity index (χ0) is 21.0. The van der Waals surface area contributed by atoms with Crippen molar-refractivity contribution in [3.63, 3.8) is 0 Å². The van der Waals surface area contributed by atoms with Crippen LogP contribution in [0.15, 0.2) is 24.5 Å². The molecule has 0 fully saturated rings. The summed E-state index contributed by atoms with van der Waals surface area (Å²) in [5, 5.41) is 16.3. The lowest BCUT2D eigenvalue weighted by Crippen LogP contribution is -2.26. The molecule has 1 aromatic carbocycles. The van der Waals surface area contributed by atoms with Gasteiger partial charge in [-0.25, -0.2) is 9.37 Å². The summed E-state index contributed by atoms with van der Waals surface area (Å²) in [6.45, 7) is 6.87. The van der Waals surface area contributed by atoms with E-state index in [0.29, 0.717) is 35.0 Å². The maximum Gasteiger partial charge on any atom is 0.226 e. The molecule has 156 valence electrons. The monoisotopic (exact) mass is 401 g/mol. The third kappa shape index (κ3) is 4.73. The SMILES string of the molecule is CCC(CC)n1cnc2c(NCc3cc(F)ccc3O)nc(NCC(C)N)nc21. The molecule has 3 rings (SSSR count). The van der Waals surface area contributed by atoms with Crippen LogP contribution in [0.4, 0.5) is 16.2 Å². The maximum absolute atomic E-state index is 13.5. The van der Waals surface area contributed by atoms with Crippen LogP contribution in [0.2, 0.25) is 0 Å². The molecule has 2 aromatic heterocycles. The summed E-state index contributed by atoms with van der Waals surface area (Å²) >= 11 is 0. The van der Waals surface area contributed by atoms with Gasteiger partial charge in [-0.3, -0.25) is 0 Å². The fourth-order valence-corrected chi connectivity index (χ4v) is 3.20. The number of nitrogens with one attached hydrogen (secondary N) is 2. The first kappa shape index (κ1) is 20.8. The van der Waals surface area contributed by atoms with Crippen LogP contribution in [-0.4, -0.2) is 37.2 Å². The van der Waals surface area contributed by atoms with E-state index in [9.17, 15) is 9.50 Å². The van der Waals surface area contributed by atoms with Crippen molar-refractivity contribution in [2.45, 2.75) is 52.2 Å². The first-order valence-corrected chi connectivity index (χ1v) is 9.88. The lowest BCUT2D eigenvalue weighted by molar-refractivity contribution is 0.466. The fourth-order valence-electron chi connectivity index (χ4n) is 3.20. The molecule has 8 nitrogen and oxygen atoms in total. The van der Waals surface area contributed by atoms with Crippen LogP contribution in [0.25, 0.3) is 11.2 Å². The minimum Gasteiger partial charge on any atom is -0.508 e. The van der Waals surface area contributed by atoms with Crippen molar-refractivity contribution in [2.75, 3.05) is 17.2 Å². The predicted molar refractivity (Wildman–Crippen MR) is 112 cm³/mol. The normalized spacial score (nSPS) is 12.5. The van der Waals surface area contributed by atoms with E-state index >= 15 is 0 Å². The molecule has 0 amide bonds. The van der Waals surface area contributed by atoms with Crippen LogP contribution in [-0.2, 0) is 6.54 Å². The van der Waals surface area contributed by atoms with Gasteiger partial charge in [0, 0.05) is 30.7 Å². The Morgan fingerprint density at radius 1 is 1.21 bits per heavy atom. The molecule has 0 radical (unpaired) electrons. The van der Waals surface area contributed by atoms with Crippen molar-refractivity contribution < 1.29 is 9.50 Å². The highest BCUT2D eigenvalue weighted by atomic mass is 19.1. The summed E-state index contributed by atoms with van der Waals surface area (Å²) in [6, 6.07) is 4.06. The Morgan fingerprint density at radius 2 is 1.97 bits per heavy atom. The van der Waals surface area contributed by atoms with E-state index in [4.69, 9.17) is 5.73 Å². The number of fused-ring (bicyclic) bond motifs is 1. The molecule has 9 heteroatoms. The van der Waals surface area contributed by atoms with Crippen LogP contribution in [0.3, 0.4) is 0 Å². The van der Waals surface area contributed by atoms with Crippen LogP contribution in [0.1, 0.15) is 45.2 Å². The average Bonchev–Trinajstić information content (AvgIpc) is 3.12. The van der Waals surface area contributed by atoms with Crippen molar-refractivity contribution in [1.82, 2.24) is 19.5 Å². The molecule has 0 spiro atoms. The second-order valence-corrected chi connectivity index (χ2v) is 7.17. The molecule has 1 atom stereocenters. The van der Waals surface area contributed by atoms with Crippen molar-refractivity contribution in [3.8, 4) is 5.75 Å². The Morgan fingerprint density at radius 3 is 2.66 bits per heavy atom. The molecule has 29 heavy (non-hydrogen) atoms. The molecule has 0 bridgehead atoms. The quantitative estimate of drug-likeness (QED) is 0.434. The highest BCUT2D eigenvalue weighted by molar-refractivity contribution is 5.84. The number of benzene rings is 1. The molecule has 5 N–H and O–H groups in total. The Hall–Kier alpha value is -2.94. The van der Waals surface area contributed by atoms with Crippen LogP contribution < -0.4 is 16.4 Å². The molecule has 3 aromatic rings. The first-order chi connectivity index (χ1) is 13.9. The minimum atomic E-state index is -0.412. The topological polar surface area (TPSA) is 114 Å². The van der Waals surface area contributed by atoms with Crippen LogP contribution in [0, 0.1) is 5.82 Å². The second kappa shape index (κ2) is 9.04. The number of imidazole rings is 1. The largest absolute Gasteiger partial charge is 0.508 e. The molecular formula is C20H28FN7O. The second-order valence-electron chi connectivity index (χ2n) is 7.17. The predicted octanol–water partition coefficient (Wildman–Crippen LogP) is 3.40. The van der Waals surface area contributed by atoms with Gasteiger partial charge in [0.15, 0.2) is 17.0 Å². The van der Waals surface area contributed by atoms with Crippen molar-refractivity contribution in [1.29, 1.82) is 0 Å². The summed E-state index contributed by atoms with van der Waals surface area (Å²) in [5.41, 5.74) is 7.61. The van der Waals surface area contributed by atoms with Gasteiger partial charge in [0.05, 0.1) is 6.33 Å². The van der Waals surface area contributed by atoms with Crippen LogP contribution in [0.5, 0.6) is 5.75 Å². The van der Waals surface area contributed by atoms with Gasteiger partial charge in [-0.15, -0.1) is 0 Å². The molecule has 2 heterocycles. The van der Waals surface area contributed by atoms with Gasteiger partial charge in [-0.1, -0.05) is 13.8 Å². The number of aromatic nitrogens is 4. The number of hydrogen-bond acceptors (Lipinski definition) is 7. The summed E-state index contributed by atoms with van der Waals surface area (Å²) < 4.78 is 15.6. The number of hydrogen-bond donors (Lipinski definition) is 4. The number of phenolic OH excluding ortho intramolecular Hbond substituents is 1. The number of rotatable bonds is 9. The van der Waals surface area contributed by atoms with E-state index in [-0.39, 0.29) is 24.4 Å². The van der Waals surface area contributed by atoms with Gasteiger partial charge in [0.25, 0.3) is 0 Å². The standard InChI is InChI=1S/C20H28FN7O/c1-4-15(5-2)28-11-25-17-18(23-10-13-8-14(21)6-7-16(13)29)26-20(27-19(17)28)24-9-12(3)22/h6-8,11-12,15,29H,4-5,9-10,22H2,1-3H3,(H2,23,24,26,27). The van der Waals surface area contributed by atoms with Gasteiger partial charge in [0.2, 0.25) is 5.95 Å². The Kier molecular flexibility index (Phi) is 6.48. The van der Waals surface area contributed by atoms with Gasteiger partial charge >= 0.3 is 0 Å². The van der Waals surface area contributed by atoms with Crippen molar-refractivity contribution >= 4 is 22.9 Å². The van der Waals surface area contributed by atoms with E-state index in [1.807, 2.05) is 6.92 Å². The first-order valence-electron chi connectivity index (χ1n) is 9.88. The van der Waals surface area contributed by atoms with Crippen LogP contribution >= 0.6 is 0 Å². The summed E-state index contributed by atoms with van der Waals surface area (Å²) in [5.74, 6) is 0.552. The highest BCUT2D eigenvalue weighted by Crippen LogP contribution is 2.27. The average molecular weight is 401 g/mol. The lowest BCUT2D eigenvalue weighted by Gasteiger charge is -2.16. The summed E-state index contributed by atoms with van der Waals surface area (Å²) in [6.07, 6.45) is 3.68. The van der Waals surface area contributed by atoms with E-state index < -0.39 is 5.82 Å². The maximum atomic E-state index is 13.5. The number of nitrogens with two attached hydrogens (primary N) is 1. The smallest absolute Gasteiger partial charge is 0.226 e. The molecular weight excluding hydrogens is 373 g/mol. The highest BCUT2D eigenvalue weighted by Gasteiger charge is 2.17. The number of halogens is 1. The zero-order valence-corrected chi connectivity index (χ0v) is 17.0. The summed E-state index contributed by atoms with van der Waals surface area (Å²) in [4.78, 5) is 13.7. The molecule has 0 aliphatic heterocycles. The van der Waals surface area contributed by atoms with Crippen molar-refractivity contribution in [3.05, 3.63) is 35.9 Å². The Labute approximate surface area is 169 Å². The van der Waals surface area contributed by atoms with Gasteiger partial charge in [0.1, 0.15) is 11.6 Å². The number of nitrogens with zero attached hydrogens (tertiary/aromatic N) is 4. The Bertz CT molecular complexity index is 969. The number of anilines is 2. The van der Waals surface area contributed by atoms with Gasteiger partial charge in [-0.05, 0) is 38.0 Å². The zero-order valence-electron chi connectivity index (χ0n) is 17.0. The van der Waals surface area contributed by atoms with Crippen molar-refractivity contribution in [2.24, 2.45) is 5.73 Å². The molecule has 0 aliphatic rings. The lowest BCUT2D eigenvalue weighted by atomic mass is 10.2. The van der Waals surface area contributed by atoms with Gasteiger partial charge < -0.3 is 26.0 Å². The van der Waals surface area contributed by atoms with E-state index in [2.05, 4.69) is 44.0 Å². The molecule has 0 saturated carbocycles. The summed E-state index contributed by atoms with van der Waals surface area (Å²) in [7, 11) is 0. The van der Waals surface area contributed by atoms with E-state index in [1.165, 1.54) is 18.2 Å². The molecule has 0 aliphatic carbocycles. The third-order valence-electron chi connectivity index (χ3n) is 4.83. The fraction of sp³-hybridized carbons (Fsp3) is 0.450. The number of aromatic hydroxyl groups is 1. The Balaban J connectivity index is 1.98. The van der Waals surface area contributed by atoms with Gasteiger partial charge in [-0.2, -0.15) is 9.97 Å². The van der Waals surface area contributed by atoms with E-state index in [1.54, 1.807) is 6.33 Å². The third-order valence-corrected chi connectivity index (χ3v) is 4.83. The molecule has 1 unspecified atom stereocenters. The minimum absolute atomic E-state index is 0.0158. The number of phenols is 1.